The van der Waals surface area contributed by atoms with Crippen molar-refractivity contribution < 1.29 is 13.5 Å². The third-order valence-corrected chi connectivity index (χ3v) is 6.07. The summed E-state index contributed by atoms with van der Waals surface area (Å²) in [6, 6.07) is 6.38. The van der Waals surface area contributed by atoms with Gasteiger partial charge in [0, 0.05) is 55.0 Å². The van der Waals surface area contributed by atoms with Crippen molar-refractivity contribution >= 4 is 34.4 Å². The molecule has 5 rings (SSSR count). The maximum atomic E-state index is 15.2. The fraction of sp³-hybridized carbons (Fsp3) is 0.320. The molecule has 1 atom stereocenters. The lowest BCUT2D eigenvalue weighted by molar-refractivity contribution is 0.407. The number of piperazine rings is 1. The molecular weight excluding hydrogens is 466 g/mol. The van der Waals surface area contributed by atoms with Gasteiger partial charge in [0.2, 0.25) is 0 Å². The van der Waals surface area contributed by atoms with Gasteiger partial charge in [0.15, 0.2) is 23.2 Å². The lowest BCUT2D eigenvalue weighted by Crippen LogP contribution is -2.50. The average molecular weight is 495 g/mol. The number of H-pyrrole nitrogens is 2. The van der Waals surface area contributed by atoms with E-state index in [4.69, 9.17) is 4.74 Å². The zero-order chi connectivity index (χ0) is 25.2. The fourth-order valence-corrected chi connectivity index (χ4v) is 4.30. The Morgan fingerprint density at radius 3 is 2.86 bits per heavy atom. The van der Waals surface area contributed by atoms with Crippen molar-refractivity contribution in [1.29, 1.82) is 0 Å². The highest BCUT2D eigenvalue weighted by atomic mass is 19.1. The van der Waals surface area contributed by atoms with E-state index in [-0.39, 0.29) is 22.7 Å². The van der Waals surface area contributed by atoms with Gasteiger partial charge in [-0.25, -0.2) is 8.78 Å². The third kappa shape index (κ3) is 4.87. The SMILES string of the molecule is C/C=C/c1cc(Nc2cc(N3CCNC(CC)C3)nc(Oc3cc(F)c4[nH]c(C)cc4c3F)n2)n[nH]1. The number of aryl methyl sites for hydroxylation is 1. The van der Waals surface area contributed by atoms with Gasteiger partial charge in [0.1, 0.15) is 11.6 Å². The van der Waals surface area contributed by atoms with Crippen LogP contribution in [0.1, 0.15) is 31.7 Å². The summed E-state index contributed by atoms with van der Waals surface area (Å²) in [4.78, 5) is 13.9. The Morgan fingerprint density at radius 2 is 2.06 bits per heavy atom. The molecule has 0 saturated carbocycles. The molecule has 36 heavy (non-hydrogen) atoms. The minimum atomic E-state index is -0.684. The lowest BCUT2D eigenvalue weighted by atomic mass is 10.1. The zero-order valence-corrected chi connectivity index (χ0v) is 20.3. The van der Waals surface area contributed by atoms with Gasteiger partial charge in [-0.2, -0.15) is 15.1 Å². The number of hydrogen-bond donors (Lipinski definition) is 4. The first-order valence-corrected chi connectivity index (χ1v) is 11.9. The smallest absolute Gasteiger partial charge is 0.326 e. The van der Waals surface area contributed by atoms with E-state index in [1.54, 1.807) is 13.0 Å². The number of nitrogens with one attached hydrogen (secondary N) is 4. The standard InChI is InChI=1S/C25H28F2N8O/c1-4-6-16-10-21(34-33-16)30-20-12-22(35-8-7-28-15(5-2)13-35)32-25(31-20)36-19-11-18(26)24-17(23(19)27)9-14(3)29-24/h4,6,9-12,15,28-29H,5,7-8,13H2,1-3H3,(H2,30,31,32,33,34)/b6-4+. The molecule has 3 aromatic heterocycles. The molecule has 1 aromatic carbocycles. The molecule has 4 N–H and O–H groups in total. The number of ether oxygens (including phenoxy) is 1. The van der Waals surface area contributed by atoms with E-state index in [1.807, 2.05) is 25.1 Å². The van der Waals surface area contributed by atoms with E-state index < -0.39 is 11.6 Å². The second kappa shape index (κ2) is 9.94. The highest BCUT2D eigenvalue weighted by Crippen LogP contribution is 2.33. The van der Waals surface area contributed by atoms with E-state index in [0.717, 1.165) is 37.8 Å². The number of nitrogens with zero attached hydrogens (tertiary/aromatic N) is 4. The summed E-state index contributed by atoms with van der Waals surface area (Å²) in [7, 11) is 0. The average Bonchev–Trinajstić information content (AvgIpc) is 3.49. The van der Waals surface area contributed by atoms with Crippen molar-refractivity contribution in [3.8, 4) is 11.8 Å². The molecule has 1 aliphatic rings. The number of aromatic amines is 2. The zero-order valence-electron chi connectivity index (χ0n) is 20.3. The number of hydrogen-bond acceptors (Lipinski definition) is 7. The van der Waals surface area contributed by atoms with Gasteiger partial charge in [0.05, 0.1) is 11.2 Å². The molecule has 188 valence electrons. The first-order chi connectivity index (χ1) is 17.4. The Labute approximate surface area is 207 Å². The molecule has 1 fully saturated rings. The number of rotatable bonds is 7. The summed E-state index contributed by atoms with van der Waals surface area (Å²) in [6.45, 7) is 8.06. The van der Waals surface area contributed by atoms with Crippen molar-refractivity contribution in [1.82, 2.24) is 30.5 Å². The van der Waals surface area contributed by atoms with Crippen molar-refractivity contribution in [2.24, 2.45) is 0 Å². The van der Waals surface area contributed by atoms with Crippen molar-refractivity contribution in [3.05, 3.63) is 53.4 Å². The molecular formula is C25H28F2N8O. The van der Waals surface area contributed by atoms with Gasteiger partial charge in [-0.15, -0.1) is 0 Å². The van der Waals surface area contributed by atoms with Crippen LogP contribution in [-0.2, 0) is 0 Å². The van der Waals surface area contributed by atoms with Crippen LogP contribution in [0.15, 0.2) is 30.3 Å². The fourth-order valence-electron chi connectivity index (χ4n) is 4.30. The minimum absolute atomic E-state index is 0.0938. The molecule has 1 aliphatic heterocycles. The molecule has 0 amide bonds. The molecule has 0 aliphatic carbocycles. The predicted octanol–water partition coefficient (Wildman–Crippen LogP) is 5.02. The largest absolute Gasteiger partial charge is 0.421 e. The molecule has 1 unspecified atom stereocenters. The topological polar surface area (TPSA) is 107 Å². The number of fused-ring (bicyclic) bond motifs is 1. The van der Waals surface area contributed by atoms with Crippen LogP contribution in [0.5, 0.6) is 11.8 Å². The minimum Gasteiger partial charge on any atom is -0.421 e. The number of allylic oxidation sites excluding steroid dienone is 1. The number of anilines is 3. The van der Waals surface area contributed by atoms with E-state index in [9.17, 15) is 4.39 Å². The monoisotopic (exact) mass is 494 g/mol. The van der Waals surface area contributed by atoms with E-state index in [1.165, 1.54) is 6.07 Å². The van der Waals surface area contributed by atoms with Gasteiger partial charge < -0.3 is 25.3 Å². The van der Waals surface area contributed by atoms with Crippen LogP contribution >= 0.6 is 0 Å². The molecule has 4 heterocycles. The molecule has 1 saturated heterocycles. The Kier molecular flexibility index (Phi) is 6.55. The molecule has 0 spiro atoms. The van der Waals surface area contributed by atoms with E-state index in [0.29, 0.717) is 29.2 Å². The van der Waals surface area contributed by atoms with Crippen molar-refractivity contribution in [2.75, 3.05) is 29.9 Å². The van der Waals surface area contributed by atoms with Gasteiger partial charge in [-0.05, 0) is 32.4 Å². The maximum Gasteiger partial charge on any atom is 0.326 e. The first-order valence-electron chi connectivity index (χ1n) is 11.9. The van der Waals surface area contributed by atoms with E-state index >= 15 is 4.39 Å². The Morgan fingerprint density at radius 1 is 1.19 bits per heavy atom. The Balaban J connectivity index is 1.51. The van der Waals surface area contributed by atoms with Crippen LogP contribution in [0, 0.1) is 18.6 Å². The maximum absolute atomic E-state index is 15.2. The summed E-state index contributed by atoms with van der Waals surface area (Å²) < 4.78 is 35.6. The molecule has 0 radical (unpaired) electrons. The van der Waals surface area contributed by atoms with Crippen LogP contribution < -0.4 is 20.3 Å². The normalized spacial score (nSPS) is 16.2. The number of benzene rings is 1. The summed E-state index contributed by atoms with van der Waals surface area (Å²) >= 11 is 0. The Hall–Kier alpha value is -3.99. The van der Waals surface area contributed by atoms with Crippen LogP contribution in [-0.4, -0.2) is 50.8 Å². The predicted molar refractivity (Wildman–Crippen MR) is 136 cm³/mol. The lowest BCUT2D eigenvalue weighted by Gasteiger charge is -2.34. The van der Waals surface area contributed by atoms with Crippen LogP contribution in [0.2, 0.25) is 0 Å². The van der Waals surface area contributed by atoms with E-state index in [2.05, 4.69) is 47.6 Å². The molecule has 9 nitrogen and oxygen atoms in total. The molecule has 11 heteroatoms. The van der Waals surface area contributed by atoms with Gasteiger partial charge in [-0.1, -0.05) is 13.0 Å². The van der Waals surface area contributed by atoms with Gasteiger partial charge >= 0.3 is 6.01 Å². The highest BCUT2D eigenvalue weighted by Gasteiger charge is 2.22. The summed E-state index contributed by atoms with van der Waals surface area (Å²) in [6.07, 6.45) is 4.76. The molecule has 4 aromatic rings. The van der Waals surface area contributed by atoms with Crippen LogP contribution in [0.3, 0.4) is 0 Å². The Bertz CT molecular complexity index is 1410. The third-order valence-electron chi connectivity index (χ3n) is 6.07. The number of aromatic nitrogens is 5. The second-order valence-electron chi connectivity index (χ2n) is 8.75. The van der Waals surface area contributed by atoms with Crippen LogP contribution in [0.4, 0.5) is 26.2 Å². The summed E-state index contributed by atoms with van der Waals surface area (Å²) in [5.74, 6) is -0.0118. The summed E-state index contributed by atoms with van der Waals surface area (Å²) in [5.41, 5.74) is 1.56. The second-order valence-corrected chi connectivity index (χ2v) is 8.75. The highest BCUT2D eigenvalue weighted by molar-refractivity contribution is 5.83. The van der Waals surface area contributed by atoms with Gasteiger partial charge in [-0.3, -0.25) is 5.10 Å². The van der Waals surface area contributed by atoms with Crippen LogP contribution in [0.25, 0.3) is 17.0 Å². The van der Waals surface area contributed by atoms with Crippen molar-refractivity contribution in [3.63, 3.8) is 0 Å². The molecule has 0 bridgehead atoms. The first kappa shape index (κ1) is 23.7. The number of halogens is 2. The van der Waals surface area contributed by atoms with Crippen molar-refractivity contribution in [2.45, 2.75) is 33.2 Å². The quantitative estimate of drug-likeness (QED) is 0.286. The van der Waals surface area contributed by atoms with Gasteiger partial charge in [0.25, 0.3) is 0 Å². The summed E-state index contributed by atoms with van der Waals surface area (Å²) in [5, 5.41) is 13.9.